The van der Waals surface area contributed by atoms with Gasteiger partial charge in [-0.1, -0.05) is 32.9 Å². The predicted molar refractivity (Wildman–Crippen MR) is 66.7 cm³/mol. The van der Waals surface area contributed by atoms with Crippen molar-refractivity contribution < 1.29 is 0 Å². The lowest BCUT2D eigenvalue weighted by molar-refractivity contribution is 0.411. The number of rotatable bonds is 2. The molecule has 16 heavy (non-hydrogen) atoms. The molecule has 2 nitrogen and oxygen atoms in total. The molecule has 2 heteroatoms. The van der Waals surface area contributed by atoms with Gasteiger partial charge in [0.1, 0.15) is 0 Å². The largest absolute Gasteiger partial charge is 0.241 e. The van der Waals surface area contributed by atoms with Gasteiger partial charge in [0.05, 0.1) is 5.69 Å². The van der Waals surface area contributed by atoms with E-state index in [-0.39, 0.29) is 0 Å². The molecule has 2 rings (SSSR count). The minimum absolute atomic E-state index is 0.322. The standard InChI is InChI=1S/C14H18N2/c1-14(2,3)11-12-6-4-7-13(10-12)16-9-5-8-15-16/h4-10H,11H2,1-3H3. The number of benzene rings is 1. The Morgan fingerprint density at radius 3 is 2.62 bits per heavy atom. The van der Waals surface area contributed by atoms with E-state index < -0.39 is 0 Å². The molecule has 1 aromatic carbocycles. The van der Waals surface area contributed by atoms with E-state index >= 15 is 0 Å². The molecule has 1 aromatic heterocycles. The number of nitrogens with zero attached hydrogens (tertiary/aromatic N) is 2. The third-order valence-electron chi connectivity index (χ3n) is 2.41. The summed E-state index contributed by atoms with van der Waals surface area (Å²) in [5.74, 6) is 0. The second-order valence-corrected chi connectivity index (χ2v) is 5.36. The maximum Gasteiger partial charge on any atom is 0.0648 e. The van der Waals surface area contributed by atoms with Crippen LogP contribution in [0, 0.1) is 5.41 Å². The van der Waals surface area contributed by atoms with Crippen molar-refractivity contribution >= 4 is 0 Å². The molecule has 0 fully saturated rings. The molecule has 0 spiro atoms. The Kier molecular flexibility index (Phi) is 2.82. The average molecular weight is 214 g/mol. The van der Waals surface area contributed by atoms with Crippen LogP contribution in [0.1, 0.15) is 26.3 Å². The van der Waals surface area contributed by atoms with E-state index in [9.17, 15) is 0 Å². The van der Waals surface area contributed by atoms with Crippen molar-refractivity contribution in [2.45, 2.75) is 27.2 Å². The molecule has 0 saturated carbocycles. The highest BCUT2D eigenvalue weighted by Crippen LogP contribution is 2.21. The Hall–Kier alpha value is -1.57. The van der Waals surface area contributed by atoms with E-state index in [1.54, 1.807) is 6.20 Å². The van der Waals surface area contributed by atoms with Gasteiger partial charge < -0.3 is 0 Å². The molecular weight excluding hydrogens is 196 g/mol. The Labute approximate surface area is 96.9 Å². The van der Waals surface area contributed by atoms with Gasteiger partial charge in [0, 0.05) is 12.4 Å². The summed E-state index contributed by atoms with van der Waals surface area (Å²) >= 11 is 0. The second kappa shape index (κ2) is 4.12. The molecule has 0 aliphatic heterocycles. The molecule has 2 aromatic rings. The highest BCUT2D eigenvalue weighted by molar-refractivity contribution is 5.35. The van der Waals surface area contributed by atoms with E-state index in [0.717, 1.165) is 12.1 Å². The van der Waals surface area contributed by atoms with Crippen LogP contribution < -0.4 is 0 Å². The van der Waals surface area contributed by atoms with Gasteiger partial charge in [-0.15, -0.1) is 0 Å². The number of aromatic nitrogens is 2. The molecular formula is C14H18N2. The first-order chi connectivity index (χ1) is 7.54. The fraction of sp³-hybridized carbons (Fsp3) is 0.357. The molecule has 0 bridgehead atoms. The van der Waals surface area contributed by atoms with Crippen molar-refractivity contribution in [3.63, 3.8) is 0 Å². The lowest BCUT2D eigenvalue weighted by Crippen LogP contribution is -2.09. The maximum absolute atomic E-state index is 4.24. The zero-order valence-corrected chi connectivity index (χ0v) is 10.1. The summed E-state index contributed by atoms with van der Waals surface area (Å²) in [7, 11) is 0. The van der Waals surface area contributed by atoms with Gasteiger partial charge >= 0.3 is 0 Å². The highest BCUT2D eigenvalue weighted by Gasteiger charge is 2.11. The zero-order chi connectivity index (χ0) is 11.6. The second-order valence-electron chi connectivity index (χ2n) is 5.36. The zero-order valence-electron chi connectivity index (χ0n) is 10.1. The first-order valence-electron chi connectivity index (χ1n) is 5.64. The summed E-state index contributed by atoms with van der Waals surface area (Å²) in [4.78, 5) is 0. The van der Waals surface area contributed by atoms with Gasteiger partial charge in [-0.25, -0.2) is 4.68 Å². The van der Waals surface area contributed by atoms with Crippen molar-refractivity contribution in [1.29, 1.82) is 0 Å². The summed E-state index contributed by atoms with van der Waals surface area (Å²) in [6.07, 6.45) is 4.86. The minimum atomic E-state index is 0.322. The summed E-state index contributed by atoms with van der Waals surface area (Å²) in [5.41, 5.74) is 2.81. The van der Waals surface area contributed by atoms with Crippen LogP contribution in [0.2, 0.25) is 0 Å². The normalized spacial score (nSPS) is 11.7. The van der Waals surface area contributed by atoms with Crippen LogP contribution in [0.15, 0.2) is 42.7 Å². The van der Waals surface area contributed by atoms with E-state index in [1.165, 1.54) is 5.56 Å². The van der Waals surface area contributed by atoms with Crippen molar-refractivity contribution in [2.24, 2.45) is 5.41 Å². The van der Waals surface area contributed by atoms with Crippen molar-refractivity contribution in [2.75, 3.05) is 0 Å². The van der Waals surface area contributed by atoms with Crippen LogP contribution in [0.3, 0.4) is 0 Å². The van der Waals surface area contributed by atoms with Crippen LogP contribution in [-0.4, -0.2) is 9.78 Å². The molecule has 0 aliphatic rings. The van der Waals surface area contributed by atoms with Crippen LogP contribution in [0.25, 0.3) is 5.69 Å². The fourth-order valence-electron chi connectivity index (χ4n) is 1.84. The van der Waals surface area contributed by atoms with Crippen LogP contribution in [0.4, 0.5) is 0 Å². The first-order valence-corrected chi connectivity index (χ1v) is 5.64. The predicted octanol–water partition coefficient (Wildman–Crippen LogP) is 3.46. The van der Waals surface area contributed by atoms with Crippen LogP contribution in [0.5, 0.6) is 0 Å². The number of hydrogen-bond acceptors (Lipinski definition) is 1. The fourth-order valence-corrected chi connectivity index (χ4v) is 1.84. The lowest BCUT2D eigenvalue weighted by Gasteiger charge is -2.18. The van der Waals surface area contributed by atoms with E-state index in [1.807, 2.05) is 16.9 Å². The average Bonchev–Trinajstić information content (AvgIpc) is 2.68. The van der Waals surface area contributed by atoms with Gasteiger partial charge in [-0.3, -0.25) is 0 Å². The Morgan fingerprint density at radius 2 is 2.00 bits per heavy atom. The highest BCUT2D eigenvalue weighted by atomic mass is 15.3. The Balaban J connectivity index is 2.27. The molecule has 0 aliphatic carbocycles. The quantitative estimate of drug-likeness (QED) is 0.748. The van der Waals surface area contributed by atoms with Gasteiger partial charge in [0.25, 0.3) is 0 Å². The molecule has 0 saturated heterocycles. The Bertz CT molecular complexity index is 450. The molecule has 0 radical (unpaired) electrons. The minimum Gasteiger partial charge on any atom is -0.241 e. The molecule has 84 valence electrons. The Morgan fingerprint density at radius 1 is 1.19 bits per heavy atom. The van der Waals surface area contributed by atoms with E-state index in [0.29, 0.717) is 5.41 Å². The van der Waals surface area contributed by atoms with Crippen molar-refractivity contribution in [3.05, 3.63) is 48.3 Å². The summed E-state index contributed by atoms with van der Waals surface area (Å²) in [6, 6.07) is 10.5. The molecule has 0 amide bonds. The lowest BCUT2D eigenvalue weighted by atomic mass is 9.88. The van der Waals surface area contributed by atoms with Crippen molar-refractivity contribution in [3.8, 4) is 5.69 Å². The number of hydrogen-bond donors (Lipinski definition) is 0. The van der Waals surface area contributed by atoms with E-state index in [2.05, 4.69) is 50.1 Å². The van der Waals surface area contributed by atoms with E-state index in [4.69, 9.17) is 0 Å². The monoisotopic (exact) mass is 214 g/mol. The molecule has 0 atom stereocenters. The van der Waals surface area contributed by atoms with Crippen LogP contribution >= 0.6 is 0 Å². The third-order valence-corrected chi connectivity index (χ3v) is 2.41. The third kappa shape index (κ3) is 2.72. The van der Waals surface area contributed by atoms with Gasteiger partial charge in [-0.05, 0) is 35.6 Å². The SMILES string of the molecule is CC(C)(C)Cc1cccc(-n2cccn2)c1. The summed E-state index contributed by atoms with van der Waals surface area (Å²) in [5, 5.41) is 4.24. The molecule has 1 heterocycles. The molecule has 0 N–H and O–H groups in total. The molecule has 0 unspecified atom stereocenters. The maximum atomic E-state index is 4.24. The van der Waals surface area contributed by atoms with Crippen LogP contribution in [-0.2, 0) is 6.42 Å². The van der Waals surface area contributed by atoms with Crippen molar-refractivity contribution in [1.82, 2.24) is 9.78 Å². The van der Waals surface area contributed by atoms with Gasteiger partial charge in [0.2, 0.25) is 0 Å². The smallest absolute Gasteiger partial charge is 0.0648 e. The summed E-state index contributed by atoms with van der Waals surface area (Å²) in [6.45, 7) is 6.77. The van der Waals surface area contributed by atoms with Gasteiger partial charge in [0.15, 0.2) is 0 Å². The topological polar surface area (TPSA) is 17.8 Å². The van der Waals surface area contributed by atoms with Gasteiger partial charge in [-0.2, -0.15) is 5.10 Å². The first kappa shape index (κ1) is 10.9. The summed E-state index contributed by atoms with van der Waals surface area (Å²) < 4.78 is 1.90.